The molecule has 0 bridgehead atoms. The van der Waals surface area contributed by atoms with E-state index in [9.17, 15) is 14.4 Å². The van der Waals surface area contributed by atoms with Crippen molar-refractivity contribution in [1.29, 1.82) is 0 Å². The molecule has 1 aliphatic rings. The Morgan fingerprint density at radius 3 is 2.36 bits per heavy atom. The molecule has 0 radical (unpaired) electrons. The molecule has 0 aliphatic heterocycles. The van der Waals surface area contributed by atoms with Crippen LogP contribution in [0.5, 0.6) is 0 Å². The van der Waals surface area contributed by atoms with Crippen molar-refractivity contribution in [2.24, 2.45) is 0 Å². The van der Waals surface area contributed by atoms with E-state index in [0.29, 0.717) is 12.2 Å². The Kier molecular flexibility index (Phi) is 6.46. The maximum absolute atomic E-state index is 12.2. The van der Waals surface area contributed by atoms with Gasteiger partial charge in [0.05, 0.1) is 6.54 Å². The minimum atomic E-state index is -0.829. The van der Waals surface area contributed by atoms with E-state index in [-0.39, 0.29) is 17.9 Å². The van der Waals surface area contributed by atoms with Crippen LogP contribution in [-0.4, -0.2) is 30.8 Å². The lowest BCUT2D eigenvalue weighted by Gasteiger charge is -2.28. The highest BCUT2D eigenvalue weighted by atomic mass is 32.1. The number of hydrogen-bond acceptors (Lipinski definition) is 4. The third-order valence-corrected chi connectivity index (χ3v) is 6.27. The first-order valence-electron chi connectivity index (χ1n) is 9.45. The van der Waals surface area contributed by atoms with E-state index in [1.165, 1.54) is 4.88 Å². The summed E-state index contributed by atoms with van der Waals surface area (Å²) in [5, 5.41) is 9.87. The normalized spacial score (nSPS) is 15.0. The molecule has 1 heterocycles. The number of benzene rings is 1. The second-order valence-electron chi connectivity index (χ2n) is 7.24. The third-order valence-electron chi connectivity index (χ3n) is 5.15. The van der Waals surface area contributed by atoms with Gasteiger partial charge in [0.25, 0.3) is 0 Å². The molecule has 7 heteroatoms. The number of amides is 3. The van der Waals surface area contributed by atoms with Gasteiger partial charge >= 0.3 is 11.8 Å². The minimum Gasteiger partial charge on any atom is -0.354 e. The van der Waals surface area contributed by atoms with E-state index in [1.807, 2.05) is 25.1 Å². The van der Waals surface area contributed by atoms with Gasteiger partial charge in [-0.2, -0.15) is 0 Å². The summed E-state index contributed by atoms with van der Waals surface area (Å²) >= 11 is 1.72. The third kappa shape index (κ3) is 4.98. The van der Waals surface area contributed by atoms with E-state index in [0.717, 1.165) is 31.2 Å². The smallest absolute Gasteiger partial charge is 0.313 e. The molecule has 1 aromatic heterocycles. The van der Waals surface area contributed by atoms with E-state index in [1.54, 1.807) is 23.5 Å². The molecule has 1 saturated carbocycles. The summed E-state index contributed by atoms with van der Waals surface area (Å²) in [4.78, 5) is 37.3. The largest absolute Gasteiger partial charge is 0.354 e. The van der Waals surface area contributed by atoms with Crippen LogP contribution in [-0.2, 0) is 19.8 Å². The van der Waals surface area contributed by atoms with E-state index in [4.69, 9.17) is 0 Å². The fourth-order valence-corrected chi connectivity index (χ4v) is 4.53. The molecular formula is C21H25N3O3S. The van der Waals surface area contributed by atoms with Gasteiger partial charge in [-0.3, -0.25) is 14.4 Å². The van der Waals surface area contributed by atoms with Crippen LogP contribution in [0.15, 0.2) is 41.8 Å². The first-order valence-corrected chi connectivity index (χ1v) is 10.3. The van der Waals surface area contributed by atoms with Crippen LogP contribution < -0.4 is 16.0 Å². The van der Waals surface area contributed by atoms with Gasteiger partial charge in [0.15, 0.2) is 0 Å². The topological polar surface area (TPSA) is 87.3 Å². The Bertz CT molecular complexity index is 825. The van der Waals surface area contributed by atoms with Gasteiger partial charge < -0.3 is 16.0 Å². The zero-order chi connectivity index (χ0) is 20.0. The Morgan fingerprint density at radius 1 is 1.00 bits per heavy atom. The van der Waals surface area contributed by atoms with Crippen molar-refractivity contribution in [1.82, 2.24) is 10.6 Å². The zero-order valence-corrected chi connectivity index (χ0v) is 16.7. The van der Waals surface area contributed by atoms with Crippen LogP contribution in [0, 0.1) is 6.92 Å². The molecule has 0 saturated heterocycles. The monoisotopic (exact) mass is 399 g/mol. The Labute approximate surface area is 168 Å². The lowest BCUT2D eigenvalue weighted by Crippen LogP contribution is -2.45. The fourth-order valence-electron chi connectivity index (χ4n) is 3.54. The molecule has 0 spiro atoms. The molecule has 3 N–H and O–H groups in total. The van der Waals surface area contributed by atoms with Crippen molar-refractivity contribution in [3.05, 3.63) is 52.2 Å². The molecule has 1 aliphatic carbocycles. The summed E-state index contributed by atoms with van der Waals surface area (Å²) in [6.07, 6.45) is 4.42. The van der Waals surface area contributed by atoms with Crippen LogP contribution >= 0.6 is 11.3 Å². The molecule has 0 atom stereocenters. The maximum atomic E-state index is 12.2. The van der Waals surface area contributed by atoms with Crippen molar-refractivity contribution in [3.8, 4) is 0 Å². The summed E-state index contributed by atoms with van der Waals surface area (Å²) in [7, 11) is 0. The summed E-state index contributed by atoms with van der Waals surface area (Å²) in [5.41, 5.74) is 1.59. The van der Waals surface area contributed by atoms with Crippen LogP contribution in [0.3, 0.4) is 0 Å². The first kappa shape index (κ1) is 20.1. The number of carbonyl (C=O) groups is 3. The lowest BCUT2D eigenvalue weighted by molar-refractivity contribution is -0.136. The van der Waals surface area contributed by atoms with Gasteiger partial charge in [0.1, 0.15) is 0 Å². The highest BCUT2D eigenvalue weighted by Gasteiger charge is 2.36. The number of nitrogens with one attached hydrogen (secondary N) is 3. The molecule has 6 nitrogen and oxygen atoms in total. The number of hydrogen-bond donors (Lipinski definition) is 3. The molecule has 1 aromatic carbocycles. The standard InChI is InChI=1S/C21H25N3O3S/c1-15-6-8-16(9-7-15)24-20(27)19(26)22-13-18(25)23-14-21(10-2-3-11-21)17-5-4-12-28-17/h4-9,12H,2-3,10-11,13-14H2,1H3,(H,22,26)(H,23,25)(H,24,27). The lowest BCUT2D eigenvalue weighted by atomic mass is 9.84. The van der Waals surface area contributed by atoms with E-state index < -0.39 is 11.8 Å². The van der Waals surface area contributed by atoms with Gasteiger partial charge in [0, 0.05) is 22.5 Å². The molecule has 3 amide bonds. The van der Waals surface area contributed by atoms with Gasteiger partial charge in [-0.15, -0.1) is 11.3 Å². The second kappa shape index (κ2) is 9.01. The average Bonchev–Trinajstić information content (AvgIpc) is 3.38. The summed E-state index contributed by atoms with van der Waals surface area (Å²) in [6.45, 7) is 2.27. The predicted molar refractivity (Wildman–Crippen MR) is 110 cm³/mol. The Hall–Kier alpha value is -2.67. The van der Waals surface area contributed by atoms with E-state index >= 15 is 0 Å². The SMILES string of the molecule is Cc1ccc(NC(=O)C(=O)NCC(=O)NCC2(c3cccs3)CCCC2)cc1. The quantitative estimate of drug-likeness (QED) is 0.653. The van der Waals surface area contributed by atoms with E-state index in [2.05, 4.69) is 27.4 Å². The fraction of sp³-hybridized carbons (Fsp3) is 0.381. The van der Waals surface area contributed by atoms with Gasteiger partial charge in [-0.25, -0.2) is 0 Å². The van der Waals surface area contributed by atoms with Gasteiger partial charge in [-0.1, -0.05) is 36.6 Å². The maximum Gasteiger partial charge on any atom is 0.313 e. The second-order valence-corrected chi connectivity index (χ2v) is 8.19. The molecule has 2 aromatic rings. The van der Waals surface area contributed by atoms with Crippen molar-refractivity contribution in [2.45, 2.75) is 38.0 Å². The molecule has 1 fully saturated rings. The summed E-state index contributed by atoms with van der Waals surface area (Å²) in [6, 6.07) is 11.3. The first-order chi connectivity index (χ1) is 13.5. The van der Waals surface area contributed by atoms with Gasteiger partial charge in [-0.05, 0) is 43.3 Å². The van der Waals surface area contributed by atoms with Crippen LogP contribution in [0.4, 0.5) is 5.69 Å². The minimum absolute atomic E-state index is 0.00332. The van der Waals surface area contributed by atoms with Crippen molar-refractivity contribution < 1.29 is 14.4 Å². The van der Waals surface area contributed by atoms with Crippen LogP contribution in [0.25, 0.3) is 0 Å². The molecule has 0 unspecified atom stereocenters. The van der Waals surface area contributed by atoms with Crippen molar-refractivity contribution in [2.75, 3.05) is 18.4 Å². The molecule has 28 heavy (non-hydrogen) atoms. The van der Waals surface area contributed by atoms with Crippen molar-refractivity contribution in [3.63, 3.8) is 0 Å². The highest BCUT2D eigenvalue weighted by Crippen LogP contribution is 2.42. The van der Waals surface area contributed by atoms with Crippen LogP contribution in [0.2, 0.25) is 0 Å². The number of thiophene rings is 1. The zero-order valence-electron chi connectivity index (χ0n) is 15.9. The Balaban J connectivity index is 1.45. The van der Waals surface area contributed by atoms with Crippen molar-refractivity contribution >= 4 is 34.7 Å². The molecule has 3 rings (SSSR count). The highest BCUT2D eigenvalue weighted by molar-refractivity contribution is 7.10. The Morgan fingerprint density at radius 2 is 1.71 bits per heavy atom. The number of anilines is 1. The van der Waals surface area contributed by atoms with Crippen LogP contribution in [0.1, 0.15) is 36.1 Å². The summed E-state index contributed by atoms with van der Waals surface area (Å²) in [5.74, 6) is -1.91. The molecular weight excluding hydrogens is 374 g/mol. The number of aryl methyl sites for hydroxylation is 1. The predicted octanol–water partition coefficient (Wildman–Crippen LogP) is 2.74. The number of rotatable bonds is 6. The van der Waals surface area contributed by atoms with Gasteiger partial charge in [0.2, 0.25) is 5.91 Å². The average molecular weight is 400 g/mol. The summed E-state index contributed by atoms with van der Waals surface area (Å²) < 4.78 is 0. The molecule has 148 valence electrons. The number of carbonyl (C=O) groups excluding carboxylic acids is 3.